The molecule has 0 spiro atoms. The predicted octanol–water partition coefficient (Wildman–Crippen LogP) is 2.79. The highest BCUT2D eigenvalue weighted by Crippen LogP contribution is 2.46. The van der Waals surface area contributed by atoms with E-state index in [0.29, 0.717) is 18.6 Å². The average Bonchev–Trinajstić information content (AvgIpc) is 2.97. The Morgan fingerprint density at radius 3 is 2.95 bits per heavy atom. The highest BCUT2D eigenvalue weighted by Gasteiger charge is 2.40. The second-order valence-corrected chi connectivity index (χ2v) is 6.38. The molecule has 2 aliphatic rings. The standard InChI is InChI=1S/C17H26N2O2/c1-19(2)12-6-7-16-14(11-12)17-13(8-10-21-17)15(18-16)5-3-4-9-20/h6-7,11,13,15,17-18,20H,3-5,8-10H2,1-2H3. The van der Waals surface area contributed by atoms with E-state index in [1.54, 1.807) is 0 Å². The van der Waals surface area contributed by atoms with Gasteiger partial charge in [-0.25, -0.2) is 0 Å². The van der Waals surface area contributed by atoms with Crippen molar-refractivity contribution in [1.29, 1.82) is 0 Å². The first-order valence-corrected chi connectivity index (χ1v) is 8.01. The minimum absolute atomic E-state index is 0.236. The number of rotatable bonds is 5. The number of nitrogens with one attached hydrogen (secondary N) is 1. The van der Waals surface area contributed by atoms with Crippen LogP contribution in [-0.2, 0) is 4.74 Å². The molecule has 4 nitrogen and oxygen atoms in total. The number of hydrogen-bond acceptors (Lipinski definition) is 4. The van der Waals surface area contributed by atoms with Crippen LogP contribution in [0.2, 0.25) is 0 Å². The van der Waals surface area contributed by atoms with Crippen molar-refractivity contribution in [1.82, 2.24) is 0 Å². The quantitative estimate of drug-likeness (QED) is 0.819. The van der Waals surface area contributed by atoms with Crippen molar-refractivity contribution in [3.63, 3.8) is 0 Å². The van der Waals surface area contributed by atoms with Crippen LogP contribution in [0.1, 0.15) is 37.4 Å². The lowest BCUT2D eigenvalue weighted by Crippen LogP contribution is -2.36. The number of nitrogens with zero attached hydrogens (tertiary/aromatic N) is 1. The smallest absolute Gasteiger partial charge is 0.0894 e. The van der Waals surface area contributed by atoms with Gasteiger partial charge in [-0.2, -0.15) is 0 Å². The van der Waals surface area contributed by atoms with Crippen molar-refractivity contribution < 1.29 is 9.84 Å². The van der Waals surface area contributed by atoms with Crippen LogP contribution in [0, 0.1) is 5.92 Å². The van der Waals surface area contributed by atoms with Crippen LogP contribution in [0.25, 0.3) is 0 Å². The summed E-state index contributed by atoms with van der Waals surface area (Å²) in [6.07, 6.45) is 4.44. The zero-order valence-electron chi connectivity index (χ0n) is 13.0. The molecule has 0 amide bonds. The Kier molecular flexibility index (Phi) is 4.36. The molecule has 3 atom stereocenters. The number of unbranched alkanes of at least 4 members (excludes halogenated alkanes) is 1. The Labute approximate surface area is 127 Å². The fraction of sp³-hybridized carbons (Fsp3) is 0.647. The third kappa shape index (κ3) is 2.87. The Morgan fingerprint density at radius 1 is 1.33 bits per heavy atom. The van der Waals surface area contributed by atoms with E-state index in [2.05, 4.69) is 42.5 Å². The monoisotopic (exact) mass is 290 g/mol. The Morgan fingerprint density at radius 2 is 2.19 bits per heavy atom. The van der Waals surface area contributed by atoms with Gasteiger partial charge >= 0.3 is 0 Å². The van der Waals surface area contributed by atoms with Gasteiger partial charge in [-0.3, -0.25) is 0 Å². The highest BCUT2D eigenvalue weighted by atomic mass is 16.5. The zero-order chi connectivity index (χ0) is 14.8. The summed E-state index contributed by atoms with van der Waals surface area (Å²) < 4.78 is 6.05. The fourth-order valence-corrected chi connectivity index (χ4v) is 3.60. The molecule has 3 unspecified atom stereocenters. The highest BCUT2D eigenvalue weighted by molar-refractivity contribution is 5.63. The summed E-state index contributed by atoms with van der Waals surface area (Å²) in [6, 6.07) is 7.07. The van der Waals surface area contributed by atoms with Crippen LogP contribution in [0.3, 0.4) is 0 Å². The van der Waals surface area contributed by atoms with E-state index in [1.165, 1.54) is 16.9 Å². The summed E-state index contributed by atoms with van der Waals surface area (Å²) in [5.74, 6) is 0.564. The van der Waals surface area contributed by atoms with Gasteiger partial charge in [0.25, 0.3) is 0 Å². The third-order valence-electron chi connectivity index (χ3n) is 4.78. The lowest BCUT2D eigenvalue weighted by Gasteiger charge is -2.37. The van der Waals surface area contributed by atoms with E-state index < -0.39 is 0 Å². The van der Waals surface area contributed by atoms with Crippen molar-refractivity contribution in [2.75, 3.05) is 37.5 Å². The molecule has 1 aromatic rings. The maximum absolute atomic E-state index is 8.97. The molecule has 1 saturated heterocycles. The van der Waals surface area contributed by atoms with Gasteiger partial charge in [-0.15, -0.1) is 0 Å². The summed E-state index contributed by atoms with van der Waals surface area (Å²) in [6.45, 7) is 1.15. The SMILES string of the molecule is CN(C)c1ccc2c(c1)C1OCCC1C(CCCCO)N2. The molecular formula is C17H26N2O2. The number of hydrogen-bond donors (Lipinski definition) is 2. The minimum Gasteiger partial charge on any atom is -0.396 e. The van der Waals surface area contributed by atoms with E-state index in [1.807, 2.05) is 0 Å². The number of aliphatic hydroxyl groups excluding tert-OH is 1. The molecule has 2 aliphatic heterocycles. The van der Waals surface area contributed by atoms with Crippen molar-refractivity contribution in [2.24, 2.45) is 5.92 Å². The Hall–Kier alpha value is -1.26. The van der Waals surface area contributed by atoms with Crippen molar-refractivity contribution in [3.05, 3.63) is 23.8 Å². The number of benzene rings is 1. The second-order valence-electron chi connectivity index (χ2n) is 6.38. The Bertz CT molecular complexity index is 490. The van der Waals surface area contributed by atoms with E-state index in [-0.39, 0.29) is 6.10 Å². The third-order valence-corrected chi connectivity index (χ3v) is 4.78. The maximum Gasteiger partial charge on any atom is 0.0894 e. The first-order chi connectivity index (χ1) is 10.2. The van der Waals surface area contributed by atoms with Crippen molar-refractivity contribution >= 4 is 11.4 Å². The van der Waals surface area contributed by atoms with E-state index in [9.17, 15) is 0 Å². The molecule has 2 N–H and O–H groups in total. The normalized spacial score (nSPS) is 26.9. The van der Waals surface area contributed by atoms with Gasteiger partial charge in [-0.1, -0.05) is 0 Å². The van der Waals surface area contributed by atoms with Crippen LogP contribution in [-0.4, -0.2) is 38.5 Å². The molecule has 2 heterocycles. The molecule has 4 heteroatoms. The summed E-state index contributed by atoms with van der Waals surface area (Å²) in [4.78, 5) is 2.14. The molecule has 1 aromatic carbocycles. The van der Waals surface area contributed by atoms with Crippen LogP contribution in [0.5, 0.6) is 0 Å². The van der Waals surface area contributed by atoms with Crippen LogP contribution >= 0.6 is 0 Å². The summed E-state index contributed by atoms with van der Waals surface area (Å²) >= 11 is 0. The molecule has 21 heavy (non-hydrogen) atoms. The molecule has 0 bridgehead atoms. The summed E-state index contributed by atoms with van der Waals surface area (Å²) in [5, 5.41) is 12.7. The number of aliphatic hydroxyl groups is 1. The van der Waals surface area contributed by atoms with E-state index in [0.717, 1.165) is 32.3 Å². The number of fused-ring (bicyclic) bond motifs is 3. The predicted molar refractivity (Wildman–Crippen MR) is 85.9 cm³/mol. The van der Waals surface area contributed by atoms with Crippen molar-refractivity contribution in [3.8, 4) is 0 Å². The molecule has 3 rings (SSSR count). The lowest BCUT2D eigenvalue weighted by molar-refractivity contribution is 0.0818. The van der Waals surface area contributed by atoms with Gasteiger partial charge < -0.3 is 20.1 Å². The zero-order valence-corrected chi connectivity index (χ0v) is 13.0. The van der Waals surface area contributed by atoms with Gasteiger partial charge in [0.2, 0.25) is 0 Å². The maximum atomic E-state index is 8.97. The topological polar surface area (TPSA) is 44.7 Å². The van der Waals surface area contributed by atoms with Gasteiger partial charge in [0.15, 0.2) is 0 Å². The molecule has 0 aromatic heterocycles. The first-order valence-electron chi connectivity index (χ1n) is 8.01. The van der Waals surface area contributed by atoms with E-state index in [4.69, 9.17) is 9.84 Å². The number of anilines is 2. The first kappa shape index (κ1) is 14.7. The molecular weight excluding hydrogens is 264 g/mol. The molecule has 0 saturated carbocycles. The molecule has 0 radical (unpaired) electrons. The molecule has 116 valence electrons. The average molecular weight is 290 g/mol. The largest absolute Gasteiger partial charge is 0.396 e. The van der Waals surface area contributed by atoms with Gasteiger partial charge in [0, 0.05) is 56.2 Å². The van der Waals surface area contributed by atoms with Gasteiger partial charge in [-0.05, 0) is 43.9 Å². The minimum atomic E-state index is 0.236. The summed E-state index contributed by atoms with van der Waals surface area (Å²) in [7, 11) is 4.14. The van der Waals surface area contributed by atoms with Crippen molar-refractivity contribution in [2.45, 2.75) is 37.8 Å². The molecule has 1 fully saturated rings. The second kappa shape index (κ2) is 6.24. The lowest BCUT2D eigenvalue weighted by atomic mass is 9.82. The number of ether oxygens (including phenoxy) is 1. The Balaban J connectivity index is 1.83. The molecule has 0 aliphatic carbocycles. The fourth-order valence-electron chi connectivity index (χ4n) is 3.60. The van der Waals surface area contributed by atoms with Crippen LogP contribution in [0.15, 0.2) is 18.2 Å². The van der Waals surface area contributed by atoms with Gasteiger partial charge in [0.1, 0.15) is 0 Å². The summed E-state index contributed by atoms with van der Waals surface area (Å²) in [5.41, 5.74) is 3.75. The van der Waals surface area contributed by atoms with Crippen LogP contribution < -0.4 is 10.2 Å². The van der Waals surface area contributed by atoms with Crippen LogP contribution in [0.4, 0.5) is 11.4 Å². The van der Waals surface area contributed by atoms with E-state index >= 15 is 0 Å². The van der Waals surface area contributed by atoms with Gasteiger partial charge in [0.05, 0.1) is 6.10 Å².